The van der Waals surface area contributed by atoms with Gasteiger partial charge in [0, 0.05) is 18.6 Å². The van der Waals surface area contributed by atoms with E-state index in [-0.39, 0.29) is 0 Å². The predicted molar refractivity (Wildman–Crippen MR) is 73.0 cm³/mol. The lowest BCUT2D eigenvalue weighted by Crippen LogP contribution is -2.45. The lowest BCUT2D eigenvalue weighted by Gasteiger charge is -2.31. The molecule has 94 valence electrons. The van der Waals surface area contributed by atoms with Crippen LogP contribution in [0.25, 0.3) is 0 Å². The summed E-state index contributed by atoms with van der Waals surface area (Å²) in [6.45, 7) is 6.87. The summed E-state index contributed by atoms with van der Waals surface area (Å²) >= 11 is 0. The van der Waals surface area contributed by atoms with E-state index in [1.165, 1.54) is 24.9 Å². The minimum atomic E-state index is 0.473. The number of nitrogens with one attached hydrogen (secondary N) is 2. The van der Waals surface area contributed by atoms with Crippen molar-refractivity contribution in [2.75, 3.05) is 13.1 Å². The van der Waals surface area contributed by atoms with Gasteiger partial charge in [0.15, 0.2) is 0 Å². The molecule has 1 aromatic rings. The Kier molecular flexibility index (Phi) is 4.57. The van der Waals surface area contributed by atoms with Gasteiger partial charge in [-0.15, -0.1) is 0 Å². The first kappa shape index (κ1) is 12.6. The molecule has 17 heavy (non-hydrogen) atoms. The van der Waals surface area contributed by atoms with Crippen LogP contribution in [0.5, 0.6) is 0 Å². The summed E-state index contributed by atoms with van der Waals surface area (Å²) in [5, 5.41) is 7.28. The Morgan fingerprint density at radius 1 is 1.24 bits per heavy atom. The van der Waals surface area contributed by atoms with E-state index in [0.29, 0.717) is 18.0 Å². The predicted octanol–water partition coefficient (Wildman–Crippen LogP) is 2.73. The van der Waals surface area contributed by atoms with Crippen molar-refractivity contribution in [3.8, 4) is 0 Å². The average molecular weight is 232 g/mol. The van der Waals surface area contributed by atoms with Gasteiger partial charge in [0.1, 0.15) is 0 Å². The molecule has 0 spiro atoms. The van der Waals surface area contributed by atoms with E-state index in [1.807, 2.05) is 0 Å². The van der Waals surface area contributed by atoms with Gasteiger partial charge in [0.05, 0.1) is 0 Å². The van der Waals surface area contributed by atoms with Crippen LogP contribution in [0.4, 0.5) is 0 Å². The van der Waals surface area contributed by atoms with Crippen LogP contribution in [0, 0.1) is 5.92 Å². The van der Waals surface area contributed by atoms with Crippen molar-refractivity contribution < 1.29 is 0 Å². The van der Waals surface area contributed by atoms with Crippen molar-refractivity contribution in [3.63, 3.8) is 0 Å². The van der Waals surface area contributed by atoms with E-state index in [0.717, 1.165) is 6.54 Å². The molecular formula is C15H24N2. The summed E-state index contributed by atoms with van der Waals surface area (Å²) in [5.41, 5.74) is 1.41. The fourth-order valence-electron chi connectivity index (χ4n) is 2.58. The summed E-state index contributed by atoms with van der Waals surface area (Å²) in [7, 11) is 0. The van der Waals surface area contributed by atoms with Crippen molar-refractivity contribution in [1.82, 2.24) is 10.6 Å². The molecule has 2 rings (SSSR count). The molecule has 2 nitrogen and oxygen atoms in total. The van der Waals surface area contributed by atoms with Gasteiger partial charge in [0.2, 0.25) is 0 Å². The molecular weight excluding hydrogens is 208 g/mol. The maximum absolute atomic E-state index is 3.81. The maximum Gasteiger partial charge on any atom is 0.0346 e. The molecule has 2 N–H and O–H groups in total. The van der Waals surface area contributed by atoms with E-state index in [4.69, 9.17) is 0 Å². The molecule has 1 aromatic carbocycles. The molecule has 1 aliphatic heterocycles. The Balaban J connectivity index is 2.02. The van der Waals surface area contributed by atoms with Crippen LogP contribution >= 0.6 is 0 Å². The molecule has 1 aliphatic rings. The Morgan fingerprint density at radius 2 is 2.00 bits per heavy atom. The molecule has 0 aromatic heterocycles. The summed E-state index contributed by atoms with van der Waals surface area (Å²) in [6.07, 6.45) is 2.58. The molecule has 1 fully saturated rings. The van der Waals surface area contributed by atoms with Gasteiger partial charge in [-0.2, -0.15) is 0 Å². The van der Waals surface area contributed by atoms with Crippen LogP contribution in [-0.2, 0) is 0 Å². The first-order chi connectivity index (χ1) is 8.27. The zero-order valence-corrected chi connectivity index (χ0v) is 10.9. The van der Waals surface area contributed by atoms with Crippen LogP contribution in [0.3, 0.4) is 0 Å². The Bertz CT molecular complexity index is 315. The normalized spacial score (nSPS) is 22.6. The van der Waals surface area contributed by atoms with Gasteiger partial charge in [-0.25, -0.2) is 0 Å². The fraction of sp³-hybridized carbons (Fsp3) is 0.600. The maximum atomic E-state index is 3.81. The molecule has 2 heteroatoms. The van der Waals surface area contributed by atoms with Crippen molar-refractivity contribution >= 4 is 0 Å². The highest BCUT2D eigenvalue weighted by Crippen LogP contribution is 2.22. The van der Waals surface area contributed by atoms with E-state index >= 15 is 0 Å². The summed E-state index contributed by atoms with van der Waals surface area (Å²) in [5.74, 6) is 0.624. The summed E-state index contributed by atoms with van der Waals surface area (Å²) in [4.78, 5) is 0. The van der Waals surface area contributed by atoms with Crippen LogP contribution in [0.2, 0.25) is 0 Å². The summed E-state index contributed by atoms with van der Waals surface area (Å²) in [6, 6.07) is 11.9. The lowest BCUT2D eigenvalue weighted by atomic mass is 9.94. The highest BCUT2D eigenvalue weighted by atomic mass is 15.0. The lowest BCUT2D eigenvalue weighted by molar-refractivity contribution is 0.311. The van der Waals surface area contributed by atoms with E-state index in [2.05, 4.69) is 54.8 Å². The van der Waals surface area contributed by atoms with Crippen molar-refractivity contribution in [2.45, 2.75) is 38.8 Å². The van der Waals surface area contributed by atoms with E-state index < -0.39 is 0 Å². The smallest absolute Gasteiger partial charge is 0.0346 e. The third kappa shape index (κ3) is 3.55. The van der Waals surface area contributed by atoms with Crippen molar-refractivity contribution in [2.24, 2.45) is 5.92 Å². The van der Waals surface area contributed by atoms with Crippen molar-refractivity contribution in [1.29, 1.82) is 0 Å². The van der Waals surface area contributed by atoms with Gasteiger partial charge < -0.3 is 10.6 Å². The number of benzene rings is 1. The van der Waals surface area contributed by atoms with Gasteiger partial charge in [-0.3, -0.25) is 0 Å². The molecule has 0 bridgehead atoms. The highest BCUT2D eigenvalue weighted by Gasteiger charge is 2.20. The van der Waals surface area contributed by atoms with Crippen LogP contribution in [0.1, 0.15) is 38.3 Å². The van der Waals surface area contributed by atoms with E-state index in [1.54, 1.807) is 0 Å². The van der Waals surface area contributed by atoms with Gasteiger partial charge in [-0.1, -0.05) is 44.2 Å². The number of hydrogen-bond acceptors (Lipinski definition) is 2. The summed E-state index contributed by atoms with van der Waals surface area (Å²) < 4.78 is 0. The van der Waals surface area contributed by atoms with Gasteiger partial charge >= 0.3 is 0 Å². The minimum absolute atomic E-state index is 0.473. The second kappa shape index (κ2) is 6.18. The molecule has 1 heterocycles. The van der Waals surface area contributed by atoms with Crippen molar-refractivity contribution in [3.05, 3.63) is 35.9 Å². The standard InChI is InChI=1S/C15H24N2/c1-12(2)15(13-7-4-3-5-8-13)17-14-9-6-10-16-11-14/h3-5,7-8,12,14-17H,6,9-11H2,1-2H3. The largest absolute Gasteiger partial charge is 0.315 e. The van der Waals surface area contributed by atoms with E-state index in [9.17, 15) is 0 Å². The quantitative estimate of drug-likeness (QED) is 0.834. The zero-order valence-electron chi connectivity index (χ0n) is 10.9. The van der Waals surface area contributed by atoms with Crippen LogP contribution < -0.4 is 10.6 Å². The second-order valence-electron chi connectivity index (χ2n) is 5.34. The third-order valence-corrected chi connectivity index (χ3v) is 3.54. The molecule has 0 amide bonds. The average Bonchev–Trinajstić information content (AvgIpc) is 2.38. The monoisotopic (exact) mass is 232 g/mol. The first-order valence-electron chi connectivity index (χ1n) is 6.79. The Morgan fingerprint density at radius 3 is 2.59 bits per heavy atom. The Hall–Kier alpha value is -0.860. The molecule has 0 saturated carbocycles. The molecule has 0 radical (unpaired) electrons. The minimum Gasteiger partial charge on any atom is -0.315 e. The van der Waals surface area contributed by atoms with Gasteiger partial charge in [-0.05, 0) is 30.9 Å². The highest BCUT2D eigenvalue weighted by molar-refractivity contribution is 5.19. The number of hydrogen-bond donors (Lipinski definition) is 2. The fourth-order valence-corrected chi connectivity index (χ4v) is 2.58. The first-order valence-corrected chi connectivity index (χ1v) is 6.79. The third-order valence-electron chi connectivity index (χ3n) is 3.54. The van der Waals surface area contributed by atoms with Crippen LogP contribution in [0.15, 0.2) is 30.3 Å². The molecule has 1 saturated heterocycles. The van der Waals surface area contributed by atoms with Crippen LogP contribution in [-0.4, -0.2) is 19.1 Å². The SMILES string of the molecule is CC(C)C(NC1CCCNC1)c1ccccc1. The topological polar surface area (TPSA) is 24.1 Å². The number of piperidine rings is 1. The zero-order chi connectivity index (χ0) is 12.1. The number of rotatable bonds is 4. The molecule has 2 atom stereocenters. The molecule has 2 unspecified atom stereocenters. The van der Waals surface area contributed by atoms with Gasteiger partial charge in [0.25, 0.3) is 0 Å². The second-order valence-corrected chi connectivity index (χ2v) is 5.34. The Labute approximate surface area is 105 Å². The molecule has 0 aliphatic carbocycles.